The second-order valence-electron chi connectivity index (χ2n) is 6.64. The molecule has 0 aliphatic heterocycles. The van der Waals surface area contributed by atoms with E-state index in [1.807, 2.05) is 0 Å². The quantitative estimate of drug-likeness (QED) is 0.829. The van der Waals surface area contributed by atoms with Gasteiger partial charge in [0.05, 0.1) is 6.61 Å². The van der Waals surface area contributed by atoms with E-state index in [1.54, 1.807) is 7.11 Å². The first-order valence-corrected chi connectivity index (χ1v) is 7.34. The molecular formula is C17H30N2O. The summed E-state index contributed by atoms with van der Waals surface area (Å²) in [5.74, 6) is 0. The first-order chi connectivity index (χ1) is 9.31. The summed E-state index contributed by atoms with van der Waals surface area (Å²) in [6.45, 7) is 11.4. The SMILES string of the molecule is COCC(C)N(C)Cc1cccc(CNC(C)(C)C)c1. The maximum atomic E-state index is 5.21. The zero-order chi connectivity index (χ0) is 15.2. The van der Waals surface area contributed by atoms with Crippen LogP contribution in [0.25, 0.3) is 0 Å². The van der Waals surface area contributed by atoms with Gasteiger partial charge in [-0.3, -0.25) is 4.90 Å². The fourth-order valence-electron chi connectivity index (χ4n) is 2.02. The van der Waals surface area contributed by atoms with Crippen LogP contribution in [0, 0.1) is 0 Å². The van der Waals surface area contributed by atoms with E-state index in [0.717, 1.165) is 19.7 Å². The molecule has 0 bridgehead atoms. The van der Waals surface area contributed by atoms with Crippen LogP contribution in [0.2, 0.25) is 0 Å². The molecule has 1 atom stereocenters. The Bertz CT molecular complexity index is 398. The first-order valence-electron chi connectivity index (χ1n) is 7.34. The molecule has 0 aliphatic rings. The lowest BCUT2D eigenvalue weighted by Crippen LogP contribution is -2.35. The number of benzene rings is 1. The predicted octanol–water partition coefficient (Wildman–Crippen LogP) is 3.04. The third-order valence-corrected chi connectivity index (χ3v) is 3.41. The Labute approximate surface area is 124 Å². The molecule has 3 nitrogen and oxygen atoms in total. The molecule has 1 rings (SSSR count). The highest BCUT2D eigenvalue weighted by atomic mass is 16.5. The highest BCUT2D eigenvalue weighted by Gasteiger charge is 2.11. The maximum Gasteiger partial charge on any atom is 0.0615 e. The van der Waals surface area contributed by atoms with Gasteiger partial charge in [-0.1, -0.05) is 24.3 Å². The van der Waals surface area contributed by atoms with Crippen LogP contribution in [0.1, 0.15) is 38.8 Å². The van der Waals surface area contributed by atoms with Crippen molar-refractivity contribution in [2.45, 2.75) is 52.4 Å². The van der Waals surface area contributed by atoms with Crippen LogP contribution >= 0.6 is 0 Å². The van der Waals surface area contributed by atoms with Crippen molar-refractivity contribution >= 4 is 0 Å². The van der Waals surface area contributed by atoms with E-state index in [0.29, 0.717) is 6.04 Å². The minimum Gasteiger partial charge on any atom is -0.383 e. The molecule has 3 heteroatoms. The molecule has 0 spiro atoms. The van der Waals surface area contributed by atoms with Gasteiger partial charge in [-0.25, -0.2) is 0 Å². The van der Waals surface area contributed by atoms with Gasteiger partial charge < -0.3 is 10.1 Å². The van der Waals surface area contributed by atoms with E-state index < -0.39 is 0 Å². The lowest BCUT2D eigenvalue weighted by molar-refractivity contribution is 0.112. The molecular weight excluding hydrogens is 248 g/mol. The first kappa shape index (κ1) is 17.2. The average Bonchev–Trinajstić information content (AvgIpc) is 2.36. The molecule has 1 aromatic carbocycles. The van der Waals surface area contributed by atoms with Crippen molar-refractivity contribution in [3.8, 4) is 0 Å². The standard InChI is InChI=1S/C17H30N2O/c1-14(13-20-6)19(5)12-16-9-7-8-15(10-16)11-18-17(2,3)4/h7-10,14,18H,11-13H2,1-6H3. The van der Waals surface area contributed by atoms with Gasteiger partial charge in [0.25, 0.3) is 0 Å². The van der Waals surface area contributed by atoms with Crippen molar-refractivity contribution in [2.75, 3.05) is 20.8 Å². The summed E-state index contributed by atoms with van der Waals surface area (Å²) in [6.07, 6.45) is 0. The Balaban J connectivity index is 2.59. The Morgan fingerprint density at radius 3 is 2.50 bits per heavy atom. The van der Waals surface area contributed by atoms with E-state index in [-0.39, 0.29) is 5.54 Å². The van der Waals surface area contributed by atoms with Crippen LogP contribution in [0.4, 0.5) is 0 Å². The van der Waals surface area contributed by atoms with Gasteiger partial charge in [-0.05, 0) is 45.9 Å². The molecule has 0 radical (unpaired) electrons. The van der Waals surface area contributed by atoms with Gasteiger partial charge in [-0.15, -0.1) is 0 Å². The van der Waals surface area contributed by atoms with Crippen LogP contribution in [-0.2, 0) is 17.8 Å². The Kier molecular flexibility index (Phi) is 6.66. The van der Waals surface area contributed by atoms with Crippen molar-refractivity contribution in [1.29, 1.82) is 0 Å². The molecule has 1 unspecified atom stereocenters. The maximum absolute atomic E-state index is 5.21. The normalized spacial score (nSPS) is 13.8. The van der Waals surface area contributed by atoms with Gasteiger partial charge >= 0.3 is 0 Å². The van der Waals surface area contributed by atoms with Gasteiger partial charge in [0.15, 0.2) is 0 Å². The van der Waals surface area contributed by atoms with E-state index in [2.05, 4.69) is 69.2 Å². The fourth-order valence-corrected chi connectivity index (χ4v) is 2.02. The number of nitrogens with one attached hydrogen (secondary N) is 1. The van der Waals surface area contributed by atoms with E-state index in [9.17, 15) is 0 Å². The van der Waals surface area contributed by atoms with E-state index in [4.69, 9.17) is 4.74 Å². The van der Waals surface area contributed by atoms with Crippen LogP contribution in [0.15, 0.2) is 24.3 Å². The van der Waals surface area contributed by atoms with Crippen molar-refractivity contribution < 1.29 is 4.74 Å². The lowest BCUT2D eigenvalue weighted by atomic mass is 10.1. The number of likely N-dealkylation sites (N-methyl/N-ethyl adjacent to an activating group) is 1. The minimum atomic E-state index is 0.153. The van der Waals surface area contributed by atoms with Crippen LogP contribution in [0.5, 0.6) is 0 Å². The lowest BCUT2D eigenvalue weighted by Gasteiger charge is -2.24. The average molecular weight is 278 g/mol. The molecule has 0 aromatic heterocycles. The number of methoxy groups -OCH3 is 1. The largest absolute Gasteiger partial charge is 0.383 e. The molecule has 114 valence electrons. The molecule has 0 amide bonds. The summed E-state index contributed by atoms with van der Waals surface area (Å²) in [5, 5.41) is 3.53. The van der Waals surface area contributed by atoms with Crippen molar-refractivity contribution in [1.82, 2.24) is 10.2 Å². The summed E-state index contributed by atoms with van der Waals surface area (Å²) in [5.41, 5.74) is 2.84. The molecule has 0 fully saturated rings. The van der Waals surface area contributed by atoms with Gasteiger partial charge in [0.1, 0.15) is 0 Å². The molecule has 0 saturated heterocycles. The van der Waals surface area contributed by atoms with Crippen molar-refractivity contribution in [2.24, 2.45) is 0 Å². The summed E-state index contributed by atoms with van der Waals surface area (Å²) in [4.78, 5) is 2.32. The highest BCUT2D eigenvalue weighted by Crippen LogP contribution is 2.11. The third kappa shape index (κ3) is 6.51. The zero-order valence-corrected chi connectivity index (χ0v) is 13.9. The third-order valence-electron chi connectivity index (χ3n) is 3.41. The molecule has 1 aromatic rings. The summed E-state index contributed by atoms with van der Waals surface area (Å²) in [7, 11) is 3.90. The Hall–Kier alpha value is -0.900. The van der Waals surface area contributed by atoms with Gasteiger partial charge in [0.2, 0.25) is 0 Å². The second-order valence-corrected chi connectivity index (χ2v) is 6.64. The predicted molar refractivity (Wildman–Crippen MR) is 85.8 cm³/mol. The molecule has 20 heavy (non-hydrogen) atoms. The van der Waals surface area contributed by atoms with Gasteiger partial charge in [-0.2, -0.15) is 0 Å². The topological polar surface area (TPSA) is 24.5 Å². The number of nitrogens with zero attached hydrogens (tertiary/aromatic N) is 1. The van der Waals surface area contributed by atoms with Crippen molar-refractivity contribution in [3.05, 3.63) is 35.4 Å². The summed E-state index contributed by atoms with van der Waals surface area (Å²) >= 11 is 0. The molecule has 1 N–H and O–H groups in total. The summed E-state index contributed by atoms with van der Waals surface area (Å²) < 4.78 is 5.21. The minimum absolute atomic E-state index is 0.153. The van der Waals surface area contributed by atoms with E-state index >= 15 is 0 Å². The number of ether oxygens (including phenoxy) is 1. The monoisotopic (exact) mass is 278 g/mol. The van der Waals surface area contributed by atoms with E-state index in [1.165, 1.54) is 11.1 Å². The van der Waals surface area contributed by atoms with Crippen LogP contribution in [-0.4, -0.2) is 37.2 Å². The smallest absolute Gasteiger partial charge is 0.0615 e. The summed E-state index contributed by atoms with van der Waals surface area (Å²) in [6, 6.07) is 9.23. The molecule has 0 saturated carbocycles. The fraction of sp³-hybridized carbons (Fsp3) is 0.647. The second kappa shape index (κ2) is 7.77. The number of hydrogen-bond donors (Lipinski definition) is 1. The molecule has 0 heterocycles. The zero-order valence-electron chi connectivity index (χ0n) is 13.9. The van der Waals surface area contributed by atoms with Crippen LogP contribution < -0.4 is 5.32 Å². The van der Waals surface area contributed by atoms with Gasteiger partial charge in [0, 0.05) is 31.8 Å². The van der Waals surface area contributed by atoms with Crippen molar-refractivity contribution in [3.63, 3.8) is 0 Å². The molecule has 0 aliphatic carbocycles. The highest BCUT2D eigenvalue weighted by molar-refractivity contribution is 5.23. The number of rotatable bonds is 7. The van der Waals surface area contributed by atoms with Crippen LogP contribution in [0.3, 0.4) is 0 Å². The Morgan fingerprint density at radius 1 is 1.25 bits per heavy atom. The number of hydrogen-bond acceptors (Lipinski definition) is 3. The Morgan fingerprint density at radius 2 is 1.90 bits per heavy atom.